The molecule has 1 aromatic heterocycles. The number of methoxy groups -OCH3 is 1. The SMILES string of the molecule is CNC(=O)c1cnc(Nc2ccccc2C)c(NC(=O)c2ccc(F)c(F)c2OC)c1. The number of nitrogens with one attached hydrogen (secondary N) is 3. The van der Waals surface area contributed by atoms with Gasteiger partial charge in [-0.05, 0) is 36.8 Å². The topological polar surface area (TPSA) is 92.4 Å². The van der Waals surface area contributed by atoms with Crippen molar-refractivity contribution in [3.8, 4) is 5.75 Å². The highest BCUT2D eigenvalue weighted by atomic mass is 19.2. The Morgan fingerprint density at radius 1 is 1.03 bits per heavy atom. The lowest BCUT2D eigenvalue weighted by molar-refractivity contribution is 0.0961. The van der Waals surface area contributed by atoms with Crippen LogP contribution < -0.4 is 20.7 Å². The number of carbonyl (C=O) groups is 2. The molecule has 3 rings (SSSR count). The molecule has 0 fully saturated rings. The largest absolute Gasteiger partial charge is 0.493 e. The zero-order chi connectivity index (χ0) is 22.5. The van der Waals surface area contributed by atoms with Crippen LogP contribution >= 0.6 is 0 Å². The maximum atomic E-state index is 14.0. The number of nitrogens with zero attached hydrogens (tertiary/aromatic N) is 1. The summed E-state index contributed by atoms with van der Waals surface area (Å²) in [5.74, 6) is -3.85. The van der Waals surface area contributed by atoms with Crippen molar-refractivity contribution in [3.63, 3.8) is 0 Å². The van der Waals surface area contributed by atoms with E-state index in [4.69, 9.17) is 4.74 Å². The highest BCUT2D eigenvalue weighted by Crippen LogP contribution is 2.29. The molecule has 0 atom stereocenters. The molecule has 0 aliphatic rings. The standard InChI is InChI=1S/C22H20F2N4O3/c1-12-6-4-5-7-16(12)27-20-17(10-13(11-26-20)21(29)25-2)28-22(30)14-8-9-15(23)18(24)19(14)31-3/h4-11H,1-3H3,(H,25,29)(H,26,27)(H,28,30). The van der Waals surface area contributed by atoms with E-state index in [9.17, 15) is 18.4 Å². The molecule has 1 heterocycles. The Labute approximate surface area is 177 Å². The van der Waals surface area contributed by atoms with Crippen molar-refractivity contribution in [1.29, 1.82) is 0 Å². The van der Waals surface area contributed by atoms with E-state index in [1.54, 1.807) is 0 Å². The summed E-state index contributed by atoms with van der Waals surface area (Å²) in [5, 5.41) is 8.18. The number of aryl methyl sites for hydroxylation is 1. The monoisotopic (exact) mass is 426 g/mol. The third-order valence-electron chi connectivity index (χ3n) is 4.52. The number of aromatic nitrogens is 1. The highest BCUT2D eigenvalue weighted by molar-refractivity contribution is 6.08. The molecular weight excluding hydrogens is 406 g/mol. The number of hydrogen-bond donors (Lipinski definition) is 3. The minimum Gasteiger partial charge on any atom is -0.493 e. The van der Waals surface area contributed by atoms with Crippen molar-refractivity contribution in [3.05, 3.63) is 77.0 Å². The lowest BCUT2D eigenvalue weighted by Crippen LogP contribution is -2.20. The van der Waals surface area contributed by atoms with E-state index in [0.29, 0.717) is 0 Å². The van der Waals surface area contributed by atoms with Gasteiger partial charge in [0, 0.05) is 18.9 Å². The molecule has 31 heavy (non-hydrogen) atoms. The smallest absolute Gasteiger partial charge is 0.259 e. The van der Waals surface area contributed by atoms with Gasteiger partial charge in [0.2, 0.25) is 5.82 Å². The third-order valence-corrected chi connectivity index (χ3v) is 4.52. The van der Waals surface area contributed by atoms with Crippen LogP contribution in [0.1, 0.15) is 26.3 Å². The summed E-state index contributed by atoms with van der Waals surface area (Å²) in [6.45, 7) is 1.89. The number of hydrogen-bond acceptors (Lipinski definition) is 5. The molecule has 2 amide bonds. The molecule has 2 aromatic carbocycles. The van der Waals surface area contributed by atoms with Gasteiger partial charge >= 0.3 is 0 Å². The zero-order valence-electron chi connectivity index (χ0n) is 17.0. The summed E-state index contributed by atoms with van der Waals surface area (Å²) in [4.78, 5) is 29.1. The Kier molecular flexibility index (Phi) is 6.44. The number of rotatable bonds is 6. The van der Waals surface area contributed by atoms with E-state index in [0.717, 1.165) is 30.5 Å². The molecule has 0 saturated heterocycles. The van der Waals surface area contributed by atoms with Gasteiger partial charge in [0.15, 0.2) is 17.4 Å². The fraction of sp³-hybridized carbons (Fsp3) is 0.136. The molecular formula is C22H20F2N4O3. The Bertz CT molecular complexity index is 1150. The number of halogens is 2. The summed E-state index contributed by atoms with van der Waals surface area (Å²) >= 11 is 0. The second kappa shape index (κ2) is 9.21. The second-order valence-corrected chi connectivity index (χ2v) is 6.54. The van der Waals surface area contributed by atoms with Gasteiger partial charge in [-0.15, -0.1) is 0 Å². The normalized spacial score (nSPS) is 10.4. The first-order chi connectivity index (χ1) is 14.8. The summed E-state index contributed by atoms with van der Waals surface area (Å²) in [6, 6.07) is 10.8. The predicted molar refractivity (Wildman–Crippen MR) is 113 cm³/mol. The predicted octanol–water partition coefficient (Wildman–Crippen LogP) is 4.03. The van der Waals surface area contributed by atoms with Crippen LogP contribution in [0.4, 0.5) is 26.0 Å². The Balaban J connectivity index is 2.02. The van der Waals surface area contributed by atoms with E-state index >= 15 is 0 Å². The van der Waals surface area contributed by atoms with E-state index < -0.39 is 29.2 Å². The van der Waals surface area contributed by atoms with E-state index in [1.807, 2.05) is 31.2 Å². The van der Waals surface area contributed by atoms with Crippen molar-refractivity contribution < 1.29 is 23.1 Å². The van der Waals surface area contributed by atoms with Crippen LogP contribution in [0.15, 0.2) is 48.7 Å². The van der Waals surface area contributed by atoms with Gasteiger partial charge in [0.05, 0.1) is 23.9 Å². The first-order valence-electron chi connectivity index (χ1n) is 9.23. The lowest BCUT2D eigenvalue weighted by atomic mass is 10.1. The molecule has 7 nitrogen and oxygen atoms in total. The quantitative estimate of drug-likeness (QED) is 0.554. The van der Waals surface area contributed by atoms with E-state index in [1.165, 1.54) is 19.3 Å². The van der Waals surface area contributed by atoms with Gasteiger partial charge in [-0.25, -0.2) is 9.37 Å². The molecule has 0 bridgehead atoms. The molecule has 0 saturated carbocycles. The van der Waals surface area contributed by atoms with Gasteiger partial charge in [0.1, 0.15) is 0 Å². The minimum absolute atomic E-state index is 0.168. The van der Waals surface area contributed by atoms with E-state index in [2.05, 4.69) is 20.9 Å². The maximum Gasteiger partial charge on any atom is 0.259 e. The average molecular weight is 426 g/mol. The van der Waals surface area contributed by atoms with Gasteiger partial charge in [0.25, 0.3) is 11.8 Å². The van der Waals surface area contributed by atoms with Crippen LogP contribution in [0.5, 0.6) is 5.75 Å². The summed E-state index contributed by atoms with van der Waals surface area (Å²) in [5.41, 5.74) is 1.82. The number of benzene rings is 2. The van der Waals surface area contributed by atoms with Gasteiger partial charge in [-0.1, -0.05) is 18.2 Å². The number of anilines is 3. The summed E-state index contributed by atoms with van der Waals surface area (Å²) < 4.78 is 32.4. The molecule has 3 aromatic rings. The number of amides is 2. The summed E-state index contributed by atoms with van der Waals surface area (Å²) in [6.07, 6.45) is 1.35. The molecule has 0 aliphatic heterocycles. The Morgan fingerprint density at radius 3 is 2.45 bits per heavy atom. The third kappa shape index (κ3) is 4.61. The first-order valence-corrected chi connectivity index (χ1v) is 9.23. The van der Waals surface area contributed by atoms with Crippen LogP contribution in [0, 0.1) is 18.6 Å². The highest BCUT2D eigenvalue weighted by Gasteiger charge is 2.21. The van der Waals surface area contributed by atoms with Crippen LogP contribution in [0.25, 0.3) is 0 Å². The fourth-order valence-corrected chi connectivity index (χ4v) is 2.87. The van der Waals surface area contributed by atoms with Gasteiger partial charge in [-0.2, -0.15) is 4.39 Å². The van der Waals surface area contributed by atoms with Crippen molar-refractivity contribution in [2.75, 3.05) is 24.8 Å². The molecule has 160 valence electrons. The minimum atomic E-state index is -1.27. The molecule has 0 radical (unpaired) electrons. The lowest BCUT2D eigenvalue weighted by Gasteiger charge is -2.16. The molecule has 0 spiro atoms. The van der Waals surface area contributed by atoms with Crippen LogP contribution in [0.3, 0.4) is 0 Å². The van der Waals surface area contributed by atoms with Gasteiger partial charge in [-0.3, -0.25) is 9.59 Å². The zero-order valence-corrected chi connectivity index (χ0v) is 17.0. The van der Waals surface area contributed by atoms with Crippen molar-refractivity contribution in [2.45, 2.75) is 6.92 Å². The van der Waals surface area contributed by atoms with Crippen LogP contribution in [0.2, 0.25) is 0 Å². The number of para-hydroxylation sites is 1. The average Bonchev–Trinajstić information content (AvgIpc) is 2.77. The van der Waals surface area contributed by atoms with Gasteiger partial charge < -0.3 is 20.7 Å². The maximum absolute atomic E-state index is 14.0. The Morgan fingerprint density at radius 2 is 1.77 bits per heavy atom. The fourth-order valence-electron chi connectivity index (χ4n) is 2.87. The van der Waals surface area contributed by atoms with Crippen molar-refractivity contribution in [1.82, 2.24) is 10.3 Å². The molecule has 9 heteroatoms. The van der Waals surface area contributed by atoms with Crippen LogP contribution in [-0.2, 0) is 0 Å². The molecule has 3 N–H and O–H groups in total. The van der Waals surface area contributed by atoms with Crippen LogP contribution in [-0.4, -0.2) is 31.0 Å². The van der Waals surface area contributed by atoms with Crippen molar-refractivity contribution in [2.24, 2.45) is 0 Å². The van der Waals surface area contributed by atoms with E-state index in [-0.39, 0.29) is 22.6 Å². The Hall–Kier alpha value is -4.01. The first kappa shape index (κ1) is 21.7. The summed E-state index contributed by atoms with van der Waals surface area (Å²) in [7, 11) is 2.60. The molecule has 0 unspecified atom stereocenters. The number of ether oxygens (including phenoxy) is 1. The van der Waals surface area contributed by atoms with Crippen molar-refractivity contribution >= 4 is 29.0 Å². The molecule has 0 aliphatic carbocycles. The second-order valence-electron chi connectivity index (χ2n) is 6.54. The number of pyridine rings is 1. The number of carbonyl (C=O) groups excluding carboxylic acids is 2.